The van der Waals surface area contributed by atoms with Gasteiger partial charge in [-0.3, -0.25) is 15.2 Å². The van der Waals surface area contributed by atoms with Crippen molar-refractivity contribution in [1.82, 2.24) is 15.4 Å². The maximum absolute atomic E-state index is 12.1. The predicted octanol–water partition coefficient (Wildman–Crippen LogP) is 3.22. The van der Waals surface area contributed by atoms with E-state index in [2.05, 4.69) is 10.4 Å². The molecule has 5 N–H and O–H groups in total. The maximum Gasteiger partial charge on any atom is 0.277 e. The Bertz CT molecular complexity index is 1160. The summed E-state index contributed by atoms with van der Waals surface area (Å²) in [5, 5.41) is 0.724. The van der Waals surface area contributed by atoms with Crippen molar-refractivity contribution in [2.45, 2.75) is 0 Å². The Morgan fingerprint density at radius 3 is 2.61 bits per heavy atom. The van der Waals surface area contributed by atoms with Crippen LogP contribution < -0.4 is 21.7 Å². The number of pyridine rings is 2. The molecule has 0 atom stereocenters. The Morgan fingerprint density at radius 2 is 1.96 bits per heavy atom. The zero-order chi connectivity index (χ0) is 19.7. The van der Waals surface area contributed by atoms with Gasteiger partial charge < -0.3 is 10.5 Å². The summed E-state index contributed by atoms with van der Waals surface area (Å²) in [5.41, 5.74) is 12.2. The van der Waals surface area contributed by atoms with Crippen molar-refractivity contribution in [2.24, 2.45) is 5.84 Å². The Hall–Kier alpha value is -3.49. The number of rotatable bonds is 4. The molecule has 28 heavy (non-hydrogen) atoms. The summed E-state index contributed by atoms with van der Waals surface area (Å²) in [7, 11) is 1.62. The summed E-state index contributed by atoms with van der Waals surface area (Å²) in [6, 6.07) is 13.4. The molecule has 0 unspecified atom stereocenters. The second-order valence-corrected chi connectivity index (χ2v) is 7.02. The van der Waals surface area contributed by atoms with Crippen LogP contribution in [0.25, 0.3) is 32.6 Å². The normalized spacial score (nSPS) is 10.8. The topological polar surface area (TPSA) is 116 Å². The van der Waals surface area contributed by atoms with Crippen LogP contribution in [0.5, 0.6) is 5.75 Å². The Morgan fingerprint density at radius 1 is 1.18 bits per heavy atom. The number of hydrogen-bond acceptors (Lipinski definition) is 7. The van der Waals surface area contributed by atoms with E-state index in [1.54, 1.807) is 19.5 Å². The van der Waals surface area contributed by atoms with E-state index in [-0.39, 0.29) is 0 Å². The van der Waals surface area contributed by atoms with Crippen molar-refractivity contribution in [3.63, 3.8) is 0 Å². The molecule has 0 fully saturated rings. The Labute approximate surface area is 165 Å². The van der Waals surface area contributed by atoms with Crippen LogP contribution in [-0.2, 0) is 0 Å². The predicted molar refractivity (Wildman–Crippen MR) is 111 cm³/mol. The van der Waals surface area contributed by atoms with Crippen molar-refractivity contribution in [3.05, 3.63) is 59.7 Å². The number of methoxy groups -OCH3 is 1. The van der Waals surface area contributed by atoms with E-state index in [9.17, 15) is 4.79 Å². The molecular formula is C20H17N5O2S. The number of hydrogen-bond donors (Lipinski definition) is 3. The average Bonchev–Trinajstić information content (AvgIpc) is 3.10. The highest BCUT2D eigenvalue weighted by molar-refractivity contribution is 7.21. The molecule has 3 heterocycles. The van der Waals surface area contributed by atoms with Gasteiger partial charge in [0.2, 0.25) is 0 Å². The molecule has 140 valence electrons. The number of nitrogen functional groups attached to an aromatic ring is 2. The van der Waals surface area contributed by atoms with Crippen molar-refractivity contribution < 1.29 is 9.53 Å². The highest BCUT2D eigenvalue weighted by atomic mass is 32.1. The second-order valence-electron chi connectivity index (χ2n) is 6.02. The maximum atomic E-state index is 12.1. The lowest BCUT2D eigenvalue weighted by atomic mass is 10.00. The fourth-order valence-electron chi connectivity index (χ4n) is 3.02. The number of carbonyl (C=O) groups excluding carboxylic acids is 1. The molecule has 8 heteroatoms. The van der Waals surface area contributed by atoms with Crippen LogP contribution in [-0.4, -0.2) is 23.0 Å². The summed E-state index contributed by atoms with van der Waals surface area (Å²) in [6.07, 6.45) is 3.45. The van der Waals surface area contributed by atoms with Gasteiger partial charge >= 0.3 is 0 Å². The molecule has 0 radical (unpaired) electrons. The van der Waals surface area contributed by atoms with E-state index in [1.165, 1.54) is 11.3 Å². The number of ether oxygens (including phenoxy) is 1. The average molecular weight is 391 g/mol. The van der Waals surface area contributed by atoms with Gasteiger partial charge in [-0.25, -0.2) is 10.8 Å². The highest BCUT2D eigenvalue weighted by Crippen LogP contribution is 2.41. The van der Waals surface area contributed by atoms with Crippen molar-refractivity contribution >= 4 is 33.1 Å². The molecule has 7 nitrogen and oxygen atoms in total. The van der Waals surface area contributed by atoms with E-state index >= 15 is 0 Å². The van der Waals surface area contributed by atoms with E-state index in [0.717, 1.165) is 33.5 Å². The van der Waals surface area contributed by atoms with E-state index < -0.39 is 5.91 Å². The van der Waals surface area contributed by atoms with Crippen molar-refractivity contribution in [1.29, 1.82) is 0 Å². The molecule has 4 aromatic rings. The number of nitrogens with zero attached hydrogens (tertiary/aromatic N) is 2. The van der Waals surface area contributed by atoms with Crippen molar-refractivity contribution in [3.8, 4) is 28.1 Å². The molecule has 0 spiro atoms. The molecule has 0 saturated heterocycles. The summed E-state index contributed by atoms with van der Waals surface area (Å²) < 4.78 is 5.25. The largest absolute Gasteiger partial charge is 0.497 e. The number of nitrogens with one attached hydrogen (secondary N) is 1. The van der Waals surface area contributed by atoms with Gasteiger partial charge in [-0.2, -0.15) is 0 Å². The van der Waals surface area contributed by atoms with Crippen LogP contribution in [0.15, 0.2) is 54.9 Å². The molecule has 0 saturated carbocycles. The van der Waals surface area contributed by atoms with Gasteiger partial charge in [-0.05, 0) is 41.5 Å². The summed E-state index contributed by atoms with van der Waals surface area (Å²) in [6.45, 7) is 0. The minimum Gasteiger partial charge on any atom is -0.497 e. The number of anilines is 1. The quantitative estimate of drug-likeness (QED) is 0.279. The van der Waals surface area contributed by atoms with E-state index in [0.29, 0.717) is 15.4 Å². The monoisotopic (exact) mass is 391 g/mol. The first kappa shape index (κ1) is 17.9. The van der Waals surface area contributed by atoms with E-state index in [1.807, 2.05) is 42.5 Å². The van der Waals surface area contributed by atoms with Crippen molar-refractivity contribution in [2.75, 3.05) is 12.8 Å². The SMILES string of the molecule is COc1ccc(-c2cc(-c3cccnc3)nc3sc(C(=O)NN)c(N)c23)cc1. The van der Waals surface area contributed by atoms with Crippen LogP contribution in [0.4, 0.5) is 5.69 Å². The number of thiophene rings is 1. The summed E-state index contributed by atoms with van der Waals surface area (Å²) in [5.74, 6) is 5.62. The van der Waals surface area contributed by atoms with Crippen LogP contribution in [0.1, 0.15) is 9.67 Å². The first-order valence-electron chi connectivity index (χ1n) is 8.41. The summed E-state index contributed by atoms with van der Waals surface area (Å²) in [4.78, 5) is 22.0. The van der Waals surface area contributed by atoms with Crippen LogP contribution >= 0.6 is 11.3 Å². The van der Waals surface area contributed by atoms with Gasteiger partial charge in [-0.1, -0.05) is 12.1 Å². The number of aromatic nitrogens is 2. The third-order valence-electron chi connectivity index (χ3n) is 4.39. The third kappa shape index (κ3) is 3.04. The first-order chi connectivity index (χ1) is 13.6. The number of hydrazine groups is 1. The molecule has 4 rings (SSSR count). The fraction of sp³-hybridized carbons (Fsp3) is 0.0500. The molecular weight excluding hydrogens is 374 g/mol. The number of carbonyl (C=O) groups is 1. The van der Waals surface area contributed by atoms with Gasteiger partial charge in [-0.15, -0.1) is 11.3 Å². The molecule has 1 aromatic carbocycles. The lowest BCUT2D eigenvalue weighted by Gasteiger charge is -2.09. The van der Waals surface area contributed by atoms with E-state index in [4.69, 9.17) is 21.3 Å². The number of benzene rings is 1. The Kier molecular flexibility index (Phi) is 4.64. The molecule has 0 aliphatic carbocycles. The minimum atomic E-state index is -0.441. The molecule has 0 aliphatic rings. The van der Waals surface area contributed by atoms with Crippen LogP contribution in [0.3, 0.4) is 0 Å². The van der Waals surface area contributed by atoms with Gasteiger partial charge in [0.1, 0.15) is 15.5 Å². The third-order valence-corrected chi connectivity index (χ3v) is 5.49. The number of amides is 1. The summed E-state index contributed by atoms with van der Waals surface area (Å²) >= 11 is 1.21. The van der Waals surface area contributed by atoms with Gasteiger partial charge in [0.25, 0.3) is 5.91 Å². The van der Waals surface area contributed by atoms with Gasteiger partial charge in [0.05, 0.1) is 18.5 Å². The minimum absolute atomic E-state index is 0.336. The fourth-order valence-corrected chi connectivity index (χ4v) is 4.04. The highest BCUT2D eigenvalue weighted by Gasteiger charge is 2.21. The molecule has 3 aromatic heterocycles. The molecule has 0 aliphatic heterocycles. The Balaban J connectivity index is 2.01. The van der Waals surface area contributed by atoms with Gasteiger partial charge in [0.15, 0.2) is 0 Å². The zero-order valence-corrected chi connectivity index (χ0v) is 15.8. The molecule has 0 bridgehead atoms. The van der Waals surface area contributed by atoms with Crippen LogP contribution in [0.2, 0.25) is 0 Å². The zero-order valence-electron chi connectivity index (χ0n) is 15.0. The standard InChI is InChI=1S/C20H17N5O2S/c1-27-13-6-4-11(5-7-13)14-9-15(12-3-2-8-23-10-12)24-20-16(14)17(21)18(28-20)19(26)25-22/h2-10H,21-22H2,1H3,(H,25,26). The number of nitrogens with two attached hydrogens (primary N) is 2. The lowest BCUT2D eigenvalue weighted by molar-refractivity contribution is 0.0958. The van der Waals surface area contributed by atoms with Crippen LogP contribution in [0, 0.1) is 0 Å². The lowest BCUT2D eigenvalue weighted by Crippen LogP contribution is -2.29. The smallest absolute Gasteiger partial charge is 0.277 e. The molecule has 1 amide bonds. The van der Waals surface area contributed by atoms with Gasteiger partial charge in [0, 0.05) is 23.3 Å². The number of fused-ring (bicyclic) bond motifs is 1. The second kappa shape index (κ2) is 7.26. The first-order valence-corrected chi connectivity index (χ1v) is 9.22.